The molecule has 2 heterocycles. The van der Waals surface area contributed by atoms with Gasteiger partial charge in [0.15, 0.2) is 0 Å². The van der Waals surface area contributed by atoms with Gasteiger partial charge < -0.3 is 9.84 Å². The fourth-order valence-corrected chi connectivity index (χ4v) is 5.69. The van der Waals surface area contributed by atoms with Crippen LogP contribution >= 0.6 is 0 Å². The minimum absolute atomic E-state index is 0.0332. The Hall–Kier alpha value is -4.15. The number of hydrogen-bond donors (Lipinski definition) is 2. The number of benzene rings is 3. The third kappa shape index (κ3) is 4.13. The number of amides is 2. The SMILES string of the molecule is C#CCN1C(=O)C2C(c3ccc(OCCC)cc3)NC(Cc3ccc4ccccc4c3)(C(=O)O)C2C1=O. The number of carboxylic acids is 1. The van der Waals surface area contributed by atoms with Crippen LogP contribution in [-0.4, -0.2) is 46.5 Å². The lowest BCUT2D eigenvalue weighted by molar-refractivity contribution is -0.151. The lowest BCUT2D eigenvalue weighted by Gasteiger charge is -2.31. The molecule has 2 aliphatic rings. The summed E-state index contributed by atoms with van der Waals surface area (Å²) >= 11 is 0. The number of nitrogens with one attached hydrogen (secondary N) is 1. The first-order valence-electron chi connectivity index (χ1n) is 12.4. The molecule has 2 N–H and O–H groups in total. The van der Waals surface area contributed by atoms with Crippen LogP contribution in [0.15, 0.2) is 66.7 Å². The van der Waals surface area contributed by atoms with E-state index in [1.54, 1.807) is 12.1 Å². The number of nitrogens with zero attached hydrogens (tertiary/aromatic N) is 1. The molecule has 7 nitrogen and oxygen atoms in total. The normalized spacial score (nSPS) is 24.8. The molecule has 0 saturated carbocycles. The van der Waals surface area contributed by atoms with E-state index in [0.717, 1.165) is 27.7 Å². The van der Waals surface area contributed by atoms with Crippen LogP contribution in [0.5, 0.6) is 5.75 Å². The summed E-state index contributed by atoms with van der Waals surface area (Å²) in [4.78, 5) is 41.0. The minimum atomic E-state index is -1.69. The van der Waals surface area contributed by atoms with Gasteiger partial charge in [0.1, 0.15) is 11.3 Å². The average molecular weight is 497 g/mol. The predicted molar refractivity (Wildman–Crippen MR) is 139 cm³/mol. The number of ether oxygens (including phenoxy) is 1. The van der Waals surface area contributed by atoms with Crippen molar-refractivity contribution >= 4 is 28.6 Å². The maximum absolute atomic E-state index is 13.5. The lowest BCUT2D eigenvalue weighted by atomic mass is 9.76. The largest absolute Gasteiger partial charge is 0.494 e. The van der Waals surface area contributed by atoms with Gasteiger partial charge in [-0.15, -0.1) is 6.42 Å². The number of rotatable bonds is 8. The summed E-state index contributed by atoms with van der Waals surface area (Å²) in [5.74, 6) is -1.11. The van der Waals surface area contributed by atoms with E-state index in [-0.39, 0.29) is 13.0 Å². The van der Waals surface area contributed by atoms with Crippen molar-refractivity contribution in [1.29, 1.82) is 0 Å². The highest BCUT2D eigenvalue weighted by molar-refractivity contribution is 6.09. The molecule has 2 aliphatic heterocycles. The number of imide groups is 1. The zero-order valence-electron chi connectivity index (χ0n) is 20.5. The van der Waals surface area contributed by atoms with E-state index >= 15 is 0 Å². The summed E-state index contributed by atoms with van der Waals surface area (Å²) in [6.07, 6.45) is 6.35. The van der Waals surface area contributed by atoms with Gasteiger partial charge in [0.25, 0.3) is 0 Å². The second-order valence-electron chi connectivity index (χ2n) is 9.64. The third-order valence-electron chi connectivity index (χ3n) is 7.39. The smallest absolute Gasteiger partial charge is 0.325 e. The summed E-state index contributed by atoms with van der Waals surface area (Å²) in [6, 6.07) is 20.1. The maximum Gasteiger partial charge on any atom is 0.325 e. The second-order valence-corrected chi connectivity index (χ2v) is 9.64. The highest BCUT2D eigenvalue weighted by Gasteiger charge is 2.68. The van der Waals surface area contributed by atoms with Gasteiger partial charge in [-0.25, -0.2) is 0 Å². The molecule has 2 amide bonds. The fraction of sp³-hybridized carbons (Fsp3) is 0.300. The Morgan fingerprint density at radius 3 is 2.49 bits per heavy atom. The van der Waals surface area contributed by atoms with E-state index in [2.05, 4.69) is 11.2 Å². The van der Waals surface area contributed by atoms with Crippen molar-refractivity contribution in [2.24, 2.45) is 11.8 Å². The molecule has 3 aromatic rings. The van der Waals surface area contributed by atoms with E-state index in [4.69, 9.17) is 11.2 Å². The number of likely N-dealkylation sites (tertiary alicyclic amines) is 1. The monoisotopic (exact) mass is 496 g/mol. The molecule has 37 heavy (non-hydrogen) atoms. The number of fused-ring (bicyclic) bond motifs is 2. The number of terminal acetylenes is 1. The molecule has 5 rings (SSSR count). The molecule has 0 aliphatic carbocycles. The van der Waals surface area contributed by atoms with Crippen LogP contribution in [0.1, 0.15) is 30.5 Å². The van der Waals surface area contributed by atoms with Gasteiger partial charge in [-0.2, -0.15) is 0 Å². The van der Waals surface area contributed by atoms with E-state index in [1.165, 1.54) is 0 Å². The van der Waals surface area contributed by atoms with Crippen LogP contribution in [0.25, 0.3) is 10.8 Å². The first-order valence-corrected chi connectivity index (χ1v) is 12.4. The zero-order valence-corrected chi connectivity index (χ0v) is 20.5. The van der Waals surface area contributed by atoms with Gasteiger partial charge in [-0.3, -0.25) is 24.6 Å². The van der Waals surface area contributed by atoms with Crippen LogP contribution in [0, 0.1) is 24.2 Å². The highest BCUT2D eigenvalue weighted by Crippen LogP contribution is 2.50. The lowest BCUT2D eigenvalue weighted by Crippen LogP contribution is -2.57. The molecular formula is C30H28N2O5. The summed E-state index contributed by atoms with van der Waals surface area (Å²) in [6.45, 7) is 2.41. The van der Waals surface area contributed by atoms with Crippen LogP contribution in [-0.2, 0) is 20.8 Å². The minimum Gasteiger partial charge on any atom is -0.494 e. The predicted octanol–water partition coefficient (Wildman–Crippen LogP) is 3.57. The van der Waals surface area contributed by atoms with Gasteiger partial charge in [0.2, 0.25) is 11.8 Å². The quantitative estimate of drug-likeness (QED) is 0.366. The van der Waals surface area contributed by atoms with Crippen molar-refractivity contribution in [2.45, 2.75) is 31.3 Å². The molecule has 4 unspecified atom stereocenters. The molecule has 0 aromatic heterocycles. The molecule has 2 fully saturated rings. The van der Waals surface area contributed by atoms with E-state index in [0.29, 0.717) is 17.9 Å². The van der Waals surface area contributed by atoms with Crippen LogP contribution in [0.4, 0.5) is 0 Å². The van der Waals surface area contributed by atoms with E-state index in [9.17, 15) is 19.5 Å². The Labute approximate surface area is 215 Å². The van der Waals surface area contributed by atoms with Gasteiger partial charge in [-0.1, -0.05) is 67.4 Å². The Bertz CT molecular complexity index is 1410. The number of hydrogen-bond acceptors (Lipinski definition) is 5. The standard InChI is InChI=1S/C30H28N2O5/c1-3-15-32-27(33)24-25(28(32)34)30(29(35)36,18-19-9-10-20-7-5-6-8-22(20)17-19)31-26(24)21-11-13-23(14-12-21)37-16-4-2/h1,5-14,17,24-26,31H,4,15-16,18H2,2H3,(H,35,36). The van der Waals surface area contributed by atoms with E-state index in [1.807, 2.05) is 61.5 Å². The second kappa shape index (κ2) is 9.72. The van der Waals surface area contributed by atoms with Crippen LogP contribution in [0.2, 0.25) is 0 Å². The molecule has 0 bridgehead atoms. The van der Waals surface area contributed by atoms with Crippen molar-refractivity contribution in [2.75, 3.05) is 13.2 Å². The Morgan fingerprint density at radius 2 is 1.81 bits per heavy atom. The summed E-state index contributed by atoms with van der Waals surface area (Å²) in [7, 11) is 0. The third-order valence-corrected chi connectivity index (χ3v) is 7.39. The van der Waals surface area contributed by atoms with Crippen LogP contribution in [0.3, 0.4) is 0 Å². The summed E-state index contributed by atoms with van der Waals surface area (Å²) < 4.78 is 5.67. The molecule has 188 valence electrons. The number of carbonyl (C=O) groups excluding carboxylic acids is 2. The van der Waals surface area contributed by atoms with Gasteiger partial charge in [0, 0.05) is 12.5 Å². The van der Waals surface area contributed by atoms with Gasteiger partial charge in [0.05, 0.1) is 25.0 Å². The van der Waals surface area contributed by atoms with Crippen LogP contribution < -0.4 is 10.1 Å². The highest BCUT2D eigenvalue weighted by atomic mass is 16.5. The average Bonchev–Trinajstić information content (AvgIpc) is 3.38. The van der Waals surface area contributed by atoms with Crippen molar-refractivity contribution < 1.29 is 24.2 Å². The number of carbonyl (C=O) groups is 3. The molecule has 7 heteroatoms. The topological polar surface area (TPSA) is 95.9 Å². The molecular weight excluding hydrogens is 468 g/mol. The maximum atomic E-state index is 13.5. The Balaban J connectivity index is 1.57. The zero-order chi connectivity index (χ0) is 26.2. The number of aliphatic carboxylic acids is 1. The van der Waals surface area contributed by atoms with Crippen molar-refractivity contribution in [1.82, 2.24) is 10.2 Å². The van der Waals surface area contributed by atoms with Crippen molar-refractivity contribution in [3.05, 3.63) is 77.9 Å². The summed E-state index contributed by atoms with van der Waals surface area (Å²) in [5, 5.41) is 15.9. The molecule has 0 spiro atoms. The molecule has 3 aromatic carbocycles. The Kier molecular flexibility index (Phi) is 6.45. The first-order chi connectivity index (χ1) is 17.9. The van der Waals surface area contributed by atoms with Crippen molar-refractivity contribution in [3.63, 3.8) is 0 Å². The fourth-order valence-electron chi connectivity index (χ4n) is 5.69. The van der Waals surface area contributed by atoms with Crippen molar-refractivity contribution in [3.8, 4) is 18.1 Å². The molecule has 4 atom stereocenters. The summed E-state index contributed by atoms with van der Waals surface area (Å²) in [5.41, 5.74) is -0.221. The Morgan fingerprint density at radius 1 is 1.08 bits per heavy atom. The first kappa shape index (κ1) is 24.5. The van der Waals surface area contributed by atoms with Gasteiger partial charge >= 0.3 is 5.97 Å². The molecule has 0 radical (unpaired) electrons. The molecule has 2 saturated heterocycles. The van der Waals surface area contributed by atoms with E-state index < -0.39 is 41.2 Å². The van der Waals surface area contributed by atoms with Gasteiger partial charge in [-0.05, 0) is 40.5 Å². The number of carboxylic acid groups (broad SMARTS) is 1.